The van der Waals surface area contributed by atoms with Crippen LogP contribution in [0.4, 0.5) is 4.79 Å². The Bertz CT molecular complexity index is 285. The maximum Gasteiger partial charge on any atom is 0.407 e. The molecular formula is C11H20N2O2. The number of rotatable bonds is 0. The first-order valence-electron chi connectivity index (χ1n) is 5.56. The molecule has 0 saturated carbocycles. The average Bonchev–Trinajstić information content (AvgIpc) is 2.44. The Balaban J connectivity index is 2.08. The van der Waals surface area contributed by atoms with Crippen molar-refractivity contribution < 1.29 is 9.90 Å². The Labute approximate surface area is 90.6 Å². The molecule has 86 valence electrons. The van der Waals surface area contributed by atoms with Gasteiger partial charge in [0.05, 0.1) is 0 Å². The lowest BCUT2D eigenvalue weighted by molar-refractivity contribution is 0.0152. The second-order valence-corrected chi connectivity index (χ2v) is 6.00. The van der Waals surface area contributed by atoms with E-state index in [1.54, 1.807) is 4.90 Å². The molecule has 0 bridgehead atoms. The van der Waals surface area contributed by atoms with Gasteiger partial charge >= 0.3 is 6.09 Å². The molecule has 0 radical (unpaired) electrons. The predicted octanol–water partition coefficient (Wildman–Crippen LogP) is 1.37. The molecule has 0 aromatic carbocycles. The van der Waals surface area contributed by atoms with Crippen molar-refractivity contribution in [2.24, 2.45) is 10.8 Å². The van der Waals surface area contributed by atoms with Crippen molar-refractivity contribution in [2.75, 3.05) is 19.6 Å². The van der Waals surface area contributed by atoms with Gasteiger partial charge in [0.1, 0.15) is 0 Å². The standard InChI is InChI=1S/C11H20N2O2/c1-10(2,3)8-11(6-12-8)4-5-13(7-11)9(14)15/h8,12H,4-7H2,1-3H3,(H,14,15)/t8-,11+/m1/s1. The quantitative estimate of drug-likeness (QED) is 0.637. The van der Waals surface area contributed by atoms with Crippen LogP contribution in [0.2, 0.25) is 0 Å². The summed E-state index contributed by atoms with van der Waals surface area (Å²) in [7, 11) is 0. The van der Waals surface area contributed by atoms with Crippen LogP contribution in [0.25, 0.3) is 0 Å². The van der Waals surface area contributed by atoms with E-state index in [0.29, 0.717) is 19.1 Å². The highest BCUT2D eigenvalue weighted by Crippen LogP contribution is 2.46. The molecule has 1 spiro atoms. The highest BCUT2D eigenvalue weighted by Gasteiger charge is 2.55. The zero-order valence-corrected chi connectivity index (χ0v) is 9.71. The maximum atomic E-state index is 10.9. The molecule has 2 saturated heterocycles. The molecule has 2 N–H and O–H groups in total. The van der Waals surface area contributed by atoms with Crippen molar-refractivity contribution in [3.63, 3.8) is 0 Å². The van der Waals surface area contributed by atoms with Crippen molar-refractivity contribution >= 4 is 6.09 Å². The van der Waals surface area contributed by atoms with Crippen molar-refractivity contribution in [1.29, 1.82) is 0 Å². The van der Waals surface area contributed by atoms with E-state index in [2.05, 4.69) is 26.1 Å². The van der Waals surface area contributed by atoms with Crippen LogP contribution >= 0.6 is 0 Å². The lowest BCUT2D eigenvalue weighted by Crippen LogP contribution is -2.68. The normalized spacial score (nSPS) is 35.7. The Morgan fingerprint density at radius 3 is 2.53 bits per heavy atom. The fraction of sp³-hybridized carbons (Fsp3) is 0.909. The average molecular weight is 212 g/mol. The van der Waals surface area contributed by atoms with E-state index < -0.39 is 6.09 Å². The Kier molecular flexibility index (Phi) is 2.23. The van der Waals surface area contributed by atoms with Crippen LogP contribution in [0.15, 0.2) is 0 Å². The third-order valence-corrected chi connectivity index (χ3v) is 3.79. The minimum atomic E-state index is -0.772. The van der Waals surface area contributed by atoms with Crippen LogP contribution in [-0.2, 0) is 0 Å². The first-order chi connectivity index (χ1) is 6.85. The van der Waals surface area contributed by atoms with Gasteiger partial charge in [0.2, 0.25) is 0 Å². The fourth-order valence-electron chi connectivity index (χ4n) is 3.16. The summed E-state index contributed by atoms with van der Waals surface area (Å²) in [5.41, 5.74) is 0.420. The van der Waals surface area contributed by atoms with E-state index in [1.807, 2.05) is 0 Å². The summed E-state index contributed by atoms with van der Waals surface area (Å²) < 4.78 is 0. The number of nitrogens with zero attached hydrogens (tertiary/aromatic N) is 1. The molecule has 2 heterocycles. The summed E-state index contributed by atoms with van der Waals surface area (Å²) in [6, 6.07) is 0.453. The molecule has 0 unspecified atom stereocenters. The minimum Gasteiger partial charge on any atom is -0.465 e. The first-order valence-corrected chi connectivity index (χ1v) is 5.56. The summed E-state index contributed by atoms with van der Waals surface area (Å²) in [6.07, 6.45) is 0.236. The van der Waals surface area contributed by atoms with Crippen LogP contribution in [0.1, 0.15) is 27.2 Å². The van der Waals surface area contributed by atoms with E-state index in [0.717, 1.165) is 13.0 Å². The smallest absolute Gasteiger partial charge is 0.407 e. The number of nitrogens with one attached hydrogen (secondary N) is 1. The van der Waals surface area contributed by atoms with Crippen molar-refractivity contribution in [3.05, 3.63) is 0 Å². The summed E-state index contributed by atoms with van der Waals surface area (Å²) in [4.78, 5) is 12.4. The molecule has 2 atom stereocenters. The number of carboxylic acid groups (broad SMARTS) is 1. The van der Waals surface area contributed by atoms with Gasteiger partial charge in [0.25, 0.3) is 0 Å². The highest BCUT2D eigenvalue weighted by atomic mass is 16.4. The molecule has 0 aliphatic carbocycles. The van der Waals surface area contributed by atoms with Crippen molar-refractivity contribution in [3.8, 4) is 0 Å². The molecule has 2 rings (SSSR count). The lowest BCUT2D eigenvalue weighted by atomic mass is 9.63. The third kappa shape index (κ3) is 1.61. The molecule has 4 heteroatoms. The molecule has 15 heavy (non-hydrogen) atoms. The lowest BCUT2D eigenvalue weighted by Gasteiger charge is -2.54. The van der Waals surface area contributed by atoms with Gasteiger partial charge < -0.3 is 15.3 Å². The van der Waals surface area contributed by atoms with E-state index in [9.17, 15) is 4.79 Å². The number of amides is 1. The van der Waals surface area contributed by atoms with E-state index in [4.69, 9.17) is 5.11 Å². The highest BCUT2D eigenvalue weighted by molar-refractivity contribution is 5.65. The zero-order chi connectivity index (χ0) is 11.3. The minimum absolute atomic E-state index is 0.205. The summed E-state index contributed by atoms with van der Waals surface area (Å²) in [5.74, 6) is 0. The Morgan fingerprint density at radius 2 is 2.20 bits per heavy atom. The fourth-order valence-corrected chi connectivity index (χ4v) is 3.16. The van der Waals surface area contributed by atoms with E-state index in [-0.39, 0.29) is 10.8 Å². The number of carbonyl (C=O) groups is 1. The van der Waals surface area contributed by atoms with Crippen LogP contribution < -0.4 is 5.32 Å². The van der Waals surface area contributed by atoms with Crippen LogP contribution in [-0.4, -0.2) is 41.8 Å². The Hall–Kier alpha value is -0.770. The van der Waals surface area contributed by atoms with Crippen molar-refractivity contribution in [2.45, 2.75) is 33.2 Å². The van der Waals surface area contributed by atoms with Crippen LogP contribution in [0.3, 0.4) is 0 Å². The molecule has 0 aromatic heterocycles. The molecular weight excluding hydrogens is 192 g/mol. The van der Waals surface area contributed by atoms with Crippen LogP contribution in [0, 0.1) is 10.8 Å². The van der Waals surface area contributed by atoms with E-state index >= 15 is 0 Å². The second kappa shape index (κ2) is 3.11. The largest absolute Gasteiger partial charge is 0.465 e. The van der Waals surface area contributed by atoms with Crippen LogP contribution in [0.5, 0.6) is 0 Å². The first kappa shape index (κ1) is 10.7. The van der Waals surface area contributed by atoms with Gasteiger partial charge in [-0.05, 0) is 11.8 Å². The maximum absolute atomic E-state index is 10.9. The van der Waals surface area contributed by atoms with Gasteiger partial charge in [0, 0.05) is 31.1 Å². The number of hydrogen-bond acceptors (Lipinski definition) is 2. The van der Waals surface area contributed by atoms with Gasteiger partial charge in [-0.15, -0.1) is 0 Å². The molecule has 0 aromatic rings. The second-order valence-electron chi connectivity index (χ2n) is 6.00. The van der Waals surface area contributed by atoms with Gasteiger partial charge in [0.15, 0.2) is 0 Å². The predicted molar refractivity (Wildman–Crippen MR) is 57.9 cm³/mol. The van der Waals surface area contributed by atoms with Gasteiger partial charge in [-0.1, -0.05) is 20.8 Å². The molecule has 1 amide bonds. The van der Waals surface area contributed by atoms with Crippen molar-refractivity contribution in [1.82, 2.24) is 10.2 Å². The summed E-state index contributed by atoms with van der Waals surface area (Å²) >= 11 is 0. The van der Waals surface area contributed by atoms with Gasteiger partial charge in [-0.2, -0.15) is 0 Å². The number of hydrogen-bond donors (Lipinski definition) is 2. The molecule has 2 aliphatic rings. The molecule has 4 nitrogen and oxygen atoms in total. The van der Waals surface area contributed by atoms with Gasteiger partial charge in [-0.3, -0.25) is 0 Å². The molecule has 2 fully saturated rings. The third-order valence-electron chi connectivity index (χ3n) is 3.79. The monoisotopic (exact) mass is 212 g/mol. The Morgan fingerprint density at radius 1 is 1.53 bits per heavy atom. The van der Waals surface area contributed by atoms with Gasteiger partial charge in [-0.25, -0.2) is 4.79 Å². The van der Waals surface area contributed by atoms with E-state index in [1.165, 1.54) is 0 Å². The zero-order valence-electron chi connectivity index (χ0n) is 9.71. The SMILES string of the molecule is CC(C)(C)[C@H]1NC[C@]12CCN(C(=O)O)C2. The number of likely N-dealkylation sites (tertiary alicyclic amines) is 1. The summed E-state index contributed by atoms with van der Waals surface area (Å²) in [5, 5.41) is 12.4. The molecule has 2 aliphatic heterocycles. The summed E-state index contributed by atoms with van der Waals surface area (Å²) in [6.45, 7) is 9.03. The topological polar surface area (TPSA) is 52.6 Å².